The summed E-state index contributed by atoms with van der Waals surface area (Å²) in [6.45, 7) is 7.63. The van der Waals surface area contributed by atoms with Crippen molar-refractivity contribution in [3.63, 3.8) is 0 Å². The van der Waals surface area contributed by atoms with Gasteiger partial charge in [0.05, 0.1) is 0 Å². The molecular formula is C18H22Zn. The number of hydrogen-bond acceptors (Lipinski definition) is 0. The van der Waals surface area contributed by atoms with Crippen LogP contribution in [0.4, 0.5) is 0 Å². The fourth-order valence-corrected chi connectivity index (χ4v) is 3.92. The molecule has 0 nitrogen and oxygen atoms in total. The van der Waals surface area contributed by atoms with Crippen LogP contribution in [-0.4, -0.2) is 0 Å². The molecule has 0 heterocycles. The van der Waals surface area contributed by atoms with Crippen molar-refractivity contribution in [2.45, 2.75) is 25.7 Å². The van der Waals surface area contributed by atoms with Crippen LogP contribution < -0.4 is 0 Å². The molecule has 0 aromatic heterocycles. The van der Waals surface area contributed by atoms with Crippen LogP contribution in [0.25, 0.3) is 0 Å². The second-order valence-electron chi connectivity index (χ2n) is 6.13. The third-order valence-electron chi connectivity index (χ3n) is 5.02. The van der Waals surface area contributed by atoms with E-state index in [1.165, 1.54) is 25.7 Å². The Bertz CT molecular complexity index is 354. The molecule has 2 fully saturated rings. The SMILES string of the molecule is C=CC1CC2[C-]=CC1C2.C=CC1CC2[C-]=CC1C2.[Zn+2]. The normalized spacial score (nSPS) is 43.6. The maximum Gasteiger partial charge on any atom is 2.00 e. The zero-order chi connectivity index (χ0) is 12.5. The molecule has 0 N–H and O–H groups in total. The van der Waals surface area contributed by atoms with Crippen molar-refractivity contribution in [2.75, 3.05) is 0 Å². The molecule has 4 aliphatic carbocycles. The minimum atomic E-state index is 0. The van der Waals surface area contributed by atoms with Gasteiger partial charge in [0.25, 0.3) is 0 Å². The summed E-state index contributed by atoms with van der Waals surface area (Å²) in [5.74, 6) is 4.70. The summed E-state index contributed by atoms with van der Waals surface area (Å²) in [7, 11) is 0. The Morgan fingerprint density at radius 1 is 0.789 bits per heavy atom. The molecule has 0 amide bonds. The molecule has 4 rings (SSSR count). The van der Waals surface area contributed by atoms with Crippen molar-refractivity contribution < 1.29 is 19.5 Å². The van der Waals surface area contributed by atoms with Gasteiger partial charge in [0.2, 0.25) is 0 Å². The summed E-state index contributed by atoms with van der Waals surface area (Å²) in [4.78, 5) is 0. The molecule has 0 saturated heterocycles. The van der Waals surface area contributed by atoms with Gasteiger partial charge in [0.1, 0.15) is 0 Å². The van der Waals surface area contributed by atoms with Gasteiger partial charge in [-0.3, -0.25) is 12.2 Å². The van der Waals surface area contributed by atoms with Crippen molar-refractivity contribution in [2.24, 2.45) is 35.5 Å². The second kappa shape index (κ2) is 6.36. The zero-order valence-corrected chi connectivity index (χ0v) is 14.7. The molecule has 0 spiro atoms. The molecule has 0 aromatic rings. The Hall–Kier alpha value is -0.417. The number of hydrogen-bond donors (Lipinski definition) is 0. The molecule has 6 unspecified atom stereocenters. The van der Waals surface area contributed by atoms with Gasteiger partial charge >= 0.3 is 19.5 Å². The van der Waals surface area contributed by atoms with Crippen molar-refractivity contribution in [1.82, 2.24) is 0 Å². The van der Waals surface area contributed by atoms with E-state index >= 15 is 0 Å². The molecule has 0 aliphatic heterocycles. The smallest absolute Gasteiger partial charge is 0.497 e. The molecule has 2 saturated carbocycles. The monoisotopic (exact) mass is 302 g/mol. The van der Waals surface area contributed by atoms with Crippen LogP contribution in [0, 0.1) is 47.7 Å². The zero-order valence-electron chi connectivity index (χ0n) is 11.7. The third kappa shape index (κ3) is 3.02. The molecule has 1 heteroatoms. The quantitative estimate of drug-likeness (QED) is 0.404. The summed E-state index contributed by atoms with van der Waals surface area (Å²) >= 11 is 0. The minimum Gasteiger partial charge on any atom is -0.497 e. The molecule has 4 aliphatic rings. The standard InChI is InChI=1S/2C9H11.Zn/c2*1-2-8-5-7-3-4-9(8)6-7;/h2*2,4,7-9H,1,5-6H2;/q2*-1;+2. The molecule has 4 bridgehead atoms. The van der Waals surface area contributed by atoms with E-state index in [2.05, 4.69) is 49.6 Å². The minimum absolute atomic E-state index is 0. The Kier molecular flexibility index (Phi) is 5.01. The van der Waals surface area contributed by atoms with Crippen molar-refractivity contribution in [3.05, 3.63) is 49.6 Å². The second-order valence-corrected chi connectivity index (χ2v) is 6.13. The molecule has 96 valence electrons. The van der Waals surface area contributed by atoms with Gasteiger partial charge in [0, 0.05) is 0 Å². The third-order valence-corrected chi connectivity index (χ3v) is 5.02. The maximum atomic E-state index is 3.81. The Morgan fingerprint density at radius 3 is 1.37 bits per heavy atom. The summed E-state index contributed by atoms with van der Waals surface area (Å²) in [6.07, 6.45) is 20.7. The first-order chi connectivity index (χ1) is 8.80. The number of rotatable bonds is 2. The Labute approximate surface area is 130 Å². The van der Waals surface area contributed by atoms with Crippen molar-refractivity contribution in [3.8, 4) is 0 Å². The molecular weight excluding hydrogens is 282 g/mol. The predicted molar refractivity (Wildman–Crippen MR) is 75.4 cm³/mol. The van der Waals surface area contributed by atoms with Crippen molar-refractivity contribution >= 4 is 0 Å². The number of allylic oxidation sites excluding steroid dienone is 6. The van der Waals surface area contributed by atoms with Crippen LogP contribution >= 0.6 is 0 Å². The van der Waals surface area contributed by atoms with E-state index in [1.54, 1.807) is 0 Å². The van der Waals surface area contributed by atoms with Gasteiger partial charge in [-0.2, -0.15) is 11.8 Å². The average molecular weight is 304 g/mol. The van der Waals surface area contributed by atoms with Crippen LogP contribution in [0.1, 0.15) is 25.7 Å². The largest absolute Gasteiger partial charge is 2.00 e. The summed E-state index contributed by atoms with van der Waals surface area (Å²) in [5, 5.41) is 0. The first-order valence-electron chi connectivity index (χ1n) is 7.24. The Balaban J connectivity index is 0.000000133. The first-order valence-corrected chi connectivity index (χ1v) is 7.24. The van der Waals surface area contributed by atoms with Gasteiger partial charge in [-0.05, 0) is 11.8 Å². The van der Waals surface area contributed by atoms with E-state index in [-0.39, 0.29) is 19.5 Å². The Morgan fingerprint density at radius 2 is 1.21 bits per heavy atom. The topological polar surface area (TPSA) is 0 Å². The molecule has 19 heavy (non-hydrogen) atoms. The molecule has 0 radical (unpaired) electrons. The van der Waals surface area contributed by atoms with Gasteiger partial charge in [-0.1, -0.05) is 49.7 Å². The van der Waals surface area contributed by atoms with E-state index in [1.807, 2.05) is 0 Å². The van der Waals surface area contributed by atoms with Crippen LogP contribution in [0.5, 0.6) is 0 Å². The summed E-state index contributed by atoms with van der Waals surface area (Å²) < 4.78 is 0. The van der Waals surface area contributed by atoms with E-state index < -0.39 is 0 Å². The van der Waals surface area contributed by atoms with E-state index in [0.29, 0.717) is 0 Å². The fourth-order valence-electron chi connectivity index (χ4n) is 3.92. The fraction of sp³-hybridized carbons (Fsp3) is 0.556. The summed E-state index contributed by atoms with van der Waals surface area (Å²) in [5.41, 5.74) is 0. The van der Waals surface area contributed by atoms with Gasteiger partial charge in [0.15, 0.2) is 0 Å². The summed E-state index contributed by atoms with van der Waals surface area (Å²) in [6, 6.07) is 0. The van der Waals surface area contributed by atoms with Crippen LogP contribution in [-0.2, 0) is 19.5 Å². The first kappa shape index (κ1) is 15.0. The molecule has 6 atom stereocenters. The van der Waals surface area contributed by atoms with E-state index in [9.17, 15) is 0 Å². The average Bonchev–Trinajstić information content (AvgIpc) is 3.17. The van der Waals surface area contributed by atoms with Gasteiger partial charge in [-0.15, -0.1) is 13.2 Å². The van der Waals surface area contributed by atoms with Gasteiger partial charge in [-0.25, -0.2) is 0 Å². The van der Waals surface area contributed by atoms with Gasteiger partial charge < -0.3 is 12.2 Å². The van der Waals surface area contributed by atoms with Crippen LogP contribution in [0.15, 0.2) is 37.5 Å². The number of fused-ring (bicyclic) bond motifs is 4. The predicted octanol–water partition coefficient (Wildman–Crippen LogP) is 4.37. The van der Waals surface area contributed by atoms with Crippen LogP contribution in [0.3, 0.4) is 0 Å². The van der Waals surface area contributed by atoms with Crippen LogP contribution in [0.2, 0.25) is 0 Å². The van der Waals surface area contributed by atoms with E-state index in [0.717, 1.165) is 35.5 Å². The molecule has 0 aromatic carbocycles. The maximum absolute atomic E-state index is 3.81. The van der Waals surface area contributed by atoms with E-state index in [4.69, 9.17) is 0 Å². The van der Waals surface area contributed by atoms with Crippen molar-refractivity contribution in [1.29, 1.82) is 0 Å².